The van der Waals surface area contributed by atoms with Gasteiger partial charge in [-0.2, -0.15) is 0 Å². The van der Waals surface area contributed by atoms with Gasteiger partial charge in [0.15, 0.2) is 0 Å². The van der Waals surface area contributed by atoms with Gasteiger partial charge in [0.05, 0.1) is 7.11 Å². The Morgan fingerprint density at radius 3 is 2.91 bits per heavy atom. The number of pyridine rings is 1. The molecule has 0 saturated carbocycles. The molecule has 0 radical (unpaired) electrons. The van der Waals surface area contributed by atoms with Gasteiger partial charge in [0.1, 0.15) is 17.2 Å². The van der Waals surface area contributed by atoms with Crippen molar-refractivity contribution in [3.8, 4) is 16.9 Å². The van der Waals surface area contributed by atoms with Crippen LogP contribution in [0.3, 0.4) is 0 Å². The zero-order chi connectivity index (χ0) is 15.8. The predicted octanol–water partition coefficient (Wildman–Crippen LogP) is 3.80. The lowest BCUT2D eigenvalue weighted by atomic mass is 10.0. The molecule has 118 valence electrons. The molecular weight excluding hydrogens is 293 g/mol. The van der Waals surface area contributed by atoms with Crippen LogP contribution in [0.1, 0.15) is 24.6 Å². The summed E-state index contributed by atoms with van der Waals surface area (Å²) in [5.41, 5.74) is 3.61. The van der Waals surface area contributed by atoms with Crippen molar-refractivity contribution in [2.75, 3.05) is 13.7 Å². The molecule has 1 fully saturated rings. The van der Waals surface area contributed by atoms with Gasteiger partial charge in [-0.1, -0.05) is 0 Å². The zero-order valence-corrected chi connectivity index (χ0v) is 12.9. The number of rotatable bonds is 3. The van der Waals surface area contributed by atoms with Crippen LogP contribution in [-0.2, 0) is 0 Å². The van der Waals surface area contributed by atoms with Crippen LogP contribution in [0.15, 0.2) is 36.5 Å². The predicted molar refractivity (Wildman–Crippen MR) is 88.0 cm³/mol. The average molecular weight is 311 g/mol. The smallest absolute Gasteiger partial charge is 0.138 e. The number of hydrogen-bond acceptors (Lipinski definition) is 3. The van der Waals surface area contributed by atoms with Gasteiger partial charge in [0.2, 0.25) is 0 Å². The van der Waals surface area contributed by atoms with Gasteiger partial charge >= 0.3 is 0 Å². The number of nitrogens with zero attached hydrogens (tertiary/aromatic N) is 1. The van der Waals surface area contributed by atoms with E-state index < -0.39 is 0 Å². The first-order valence-electron chi connectivity index (χ1n) is 7.81. The van der Waals surface area contributed by atoms with E-state index in [-0.39, 0.29) is 5.82 Å². The molecule has 1 aromatic carbocycles. The fourth-order valence-electron chi connectivity index (χ4n) is 3.31. The van der Waals surface area contributed by atoms with E-state index >= 15 is 0 Å². The van der Waals surface area contributed by atoms with Crippen molar-refractivity contribution < 1.29 is 9.13 Å². The SMILES string of the molecule is COc1ccc(F)cc1-c1ccnc2[nH]c([C@@H]3CCCN3)cc12. The van der Waals surface area contributed by atoms with Gasteiger partial charge in [0.25, 0.3) is 0 Å². The van der Waals surface area contributed by atoms with E-state index in [2.05, 4.69) is 21.4 Å². The minimum Gasteiger partial charge on any atom is -0.496 e. The Morgan fingerprint density at radius 2 is 2.13 bits per heavy atom. The summed E-state index contributed by atoms with van der Waals surface area (Å²) in [6, 6.07) is 8.93. The first-order valence-corrected chi connectivity index (χ1v) is 7.81. The summed E-state index contributed by atoms with van der Waals surface area (Å²) in [4.78, 5) is 7.81. The molecule has 5 heteroatoms. The molecule has 0 unspecified atom stereocenters. The Morgan fingerprint density at radius 1 is 1.22 bits per heavy atom. The minimum absolute atomic E-state index is 0.279. The summed E-state index contributed by atoms with van der Waals surface area (Å²) in [7, 11) is 1.60. The molecule has 1 aliphatic rings. The minimum atomic E-state index is -0.279. The van der Waals surface area contributed by atoms with Crippen molar-refractivity contribution in [1.82, 2.24) is 15.3 Å². The Labute approximate surface area is 133 Å². The van der Waals surface area contributed by atoms with Crippen LogP contribution in [0.4, 0.5) is 4.39 Å². The maximum absolute atomic E-state index is 13.7. The van der Waals surface area contributed by atoms with Crippen molar-refractivity contribution in [3.05, 3.63) is 48.0 Å². The normalized spacial score (nSPS) is 17.7. The number of hydrogen-bond donors (Lipinski definition) is 2. The summed E-state index contributed by atoms with van der Waals surface area (Å²) in [5.74, 6) is 0.375. The summed E-state index contributed by atoms with van der Waals surface area (Å²) in [6.45, 7) is 1.04. The second kappa shape index (κ2) is 5.66. The number of aromatic amines is 1. The van der Waals surface area contributed by atoms with Gasteiger partial charge in [-0.25, -0.2) is 9.37 Å². The lowest BCUT2D eigenvalue weighted by Gasteiger charge is -2.09. The Kier molecular flexibility index (Phi) is 3.50. The number of methoxy groups -OCH3 is 1. The topological polar surface area (TPSA) is 49.9 Å². The molecular formula is C18H18FN3O. The molecule has 0 bridgehead atoms. The van der Waals surface area contributed by atoms with Gasteiger partial charge in [-0.05, 0) is 55.3 Å². The van der Waals surface area contributed by atoms with Crippen molar-refractivity contribution in [2.24, 2.45) is 0 Å². The first-order chi connectivity index (χ1) is 11.3. The second-order valence-corrected chi connectivity index (χ2v) is 5.84. The molecule has 2 aromatic heterocycles. The highest BCUT2D eigenvalue weighted by molar-refractivity contribution is 5.95. The molecule has 1 atom stereocenters. The van der Waals surface area contributed by atoms with Gasteiger partial charge in [0, 0.05) is 28.9 Å². The van der Waals surface area contributed by atoms with E-state index in [9.17, 15) is 4.39 Å². The summed E-state index contributed by atoms with van der Waals surface area (Å²) in [5, 5.41) is 4.47. The second-order valence-electron chi connectivity index (χ2n) is 5.84. The average Bonchev–Trinajstić information content (AvgIpc) is 3.23. The Bertz CT molecular complexity index is 853. The van der Waals surface area contributed by atoms with Crippen LogP contribution in [0, 0.1) is 5.82 Å². The number of H-pyrrole nitrogens is 1. The van der Waals surface area contributed by atoms with Crippen molar-refractivity contribution in [1.29, 1.82) is 0 Å². The number of fused-ring (bicyclic) bond motifs is 1. The molecule has 0 amide bonds. The van der Waals surface area contributed by atoms with Crippen LogP contribution in [0.5, 0.6) is 5.75 Å². The maximum atomic E-state index is 13.7. The van der Waals surface area contributed by atoms with E-state index in [1.54, 1.807) is 19.4 Å². The number of ether oxygens (including phenoxy) is 1. The van der Waals surface area contributed by atoms with Gasteiger partial charge < -0.3 is 15.0 Å². The number of benzene rings is 1. The van der Waals surface area contributed by atoms with Crippen LogP contribution >= 0.6 is 0 Å². The summed E-state index contributed by atoms with van der Waals surface area (Å²) in [6.07, 6.45) is 4.04. The van der Waals surface area contributed by atoms with E-state index in [1.165, 1.54) is 18.6 Å². The molecule has 0 spiro atoms. The van der Waals surface area contributed by atoms with E-state index in [0.29, 0.717) is 11.8 Å². The quantitative estimate of drug-likeness (QED) is 0.773. The zero-order valence-electron chi connectivity index (χ0n) is 12.9. The lowest BCUT2D eigenvalue weighted by Crippen LogP contribution is -2.12. The highest BCUT2D eigenvalue weighted by atomic mass is 19.1. The first kappa shape index (κ1) is 14.2. The number of nitrogens with one attached hydrogen (secondary N) is 2. The molecule has 2 N–H and O–H groups in total. The molecule has 23 heavy (non-hydrogen) atoms. The van der Waals surface area contributed by atoms with Crippen LogP contribution in [-0.4, -0.2) is 23.6 Å². The summed E-state index contributed by atoms with van der Waals surface area (Å²) >= 11 is 0. The molecule has 4 rings (SSSR count). The van der Waals surface area contributed by atoms with E-state index in [4.69, 9.17) is 4.74 Å². The van der Waals surface area contributed by atoms with Crippen LogP contribution in [0.2, 0.25) is 0 Å². The maximum Gasteiger partial charge on any atom is 0.138 e. The van der Waals surface area contributed by atoms with E-state index in [0.717, 1.165) is 40.8 Å². The third-order valence-electron chi connectivity index (χ3n) is 4.44. The van der Waals surface area contributed by atoms with Crippen molar-refractivity contribution >= 4 is 11.0 Å². The monoisotopic (exact) mass is 311 g/mol. The van der Waals surface area contributed by atoms with E-state index in [1.807, 2.05) is 6.07 Å². The molecule has 3 heterocycles. The van der Waals surface area contributed by atoms with Crippen LogP contribution < -0.4 is 10.1 Å². The molecule has 1 saturated heterocycles. The molecule has 4 nitrogen and oxygen atoms in total. The molecule has 3 aromatic rings. The number of aromatic nitrogens is 2. The summed E-state index contributed by atoms with van der Waals surface area (Å²) < 4.78 is 19.1. The third kappa shape index (κ3) is 2.47. The Balaban J connectivity index is 1.88. The van der Waals surface area contributed by atoms with Gasteiger partial charge in [-0.3, -0.25) is 0 Å². The van der Waals surface area contributed by atoms with Crippen molar-refractivity contribution in [2.45, 2.75) is 18.9 Å². The third-order valence-corrected chi connectivity index (χ3v) is 4.44. The standard InChI is InChI=1S/C18H18FN3O/c1-23-17-5-4-11(19)9-13(17)12-6-8-21-18-14(12)10-16(22-18)15-3-2-7-20-15/h4-6,8-10,15,20H,2-3,7H2,1H3,(H,21,22)/t15-/m0/s1. The van der Waals surface area contributed by atoms with Crippen LogP contribution in [0.25, 0.3) is 22.2 Å². The van der Waals surface area contributed by atoms with Crippen molar-refractivity contribution in [3.63, 3.8) is 0 Å². The fraction of sp³-hybridized carbons (Fsp3) is 0.278. The highest BCUT2D eigenvalue weighted by Gasteiger charge is 2.20. The largest absolute Gasteiger partial charge is 0.496 e. The highest BCUT2D eigenvalue weighted by Crippen LogP contribution is 2.36. The molecule has 1 aliphatic heterocycles. The van der Waals surface area contributed by atoms with Gasteiger partial charge in [-0.15, -0.1) is 0 Å². The fourth-order valence-corrected chi connectivity index (χ4v) is 3.31. The molecule has 0 aliphatic carbocycles. The Hall–Kier alpha value is -2.40. The lowest BCUT2D eigenvalue weighted by molar-refractivity contribution is 0.415. The number of halogens is 1.